The van der Waals surface area contributed by atoms with Crippen molar-refractivity contribution in [1.29, 1.82) is 0 Å². The maximum Gasteiger partial charge on any atom is 0.419 e. The maximum atomic E-state index is 12.3. The van der Waals surface area contributed by atoms with Crippen molar-refractivity contribution in [1.82, 2.24) is 19.7 Å². The Balaban J connectivity index is 2.35. The Kier molecular flexibility index (Phi) is 2.82. The van der Waals surface area contributed by atoms with Crippen molar-refractivity contribution in [2.75, 3.05) is 0 Å². The largest absolute Gasteiger partial charge is 0.419 e. The summed E-state index contributed by atoms with van der Waals surface area (Å²) >= 11 is 2.00. The quantitative estimate of drug-likeness (QED) is 0.749. The maximum absolute atomic E-state index is 12.3. The monoisotopic (exact) mass is 340 g/mol. The van der Waals surface area contributed by atoms with E-state index in [0.717, 1.165) is 20.6 Å². The molecule has 0 atom stereocenters. The summed E-state index contributed by atoms with van der Waals surface area (Å²) in [5.41, 5.74) is -0.824. The van der Waals surface area contributed by atoms with E-state index in [1.54, 1.807) is 0 Å². The van der Waals surface area contributed by atoms with Crippen molar-refractivity contribution in [3.63, 3.8) is 0 Å². The fourth-order valence-electron chi connectivity index (χ4n) is 1.00. The second-order valence-corrected chi connectivity index (χ2v) is 4.12. The molecule has 0 aliphatic carbocycles. The Bertz CT molecular complexity index is 491. The van der Waals surface area contributed by atoms with Gasteiger partial charge in [-0.05, 0) is 22.6 Å². The van der Waals surface area contributed by atoms with E-state index in [9.17, 15) is 13.2 Å². The van der Waals surface area contributed by atoms with Gasteiger partial charge in [-0.25, -0.2) is 14.6 Å². The summed E-state index contributed by atoms with van der Waals surface area (Å²) in [4.78, 5) is 7.72. The van der Waals surface area contributed by atoms with E-state index >= 15 is 0 Å². The average Bonchev–Trinajstić information content (AvgIpc) is 2.67. The molecule has 16 heavy (non-hydrogen) atoms. The van der Waals surface area contributed by atoms with Crippen molar-refractivity contribution >= 4 is 22.6 Å². The Morgan fingerprint density at radius 2 is 1.75 bits per heavy atom. The minimum Gasteiger partial charge on any atom is -0.219 e. The summed E-state index contributed by atoms with van der Waals surface area (Å²) in [5, 5.41) is 3.55. The average molecular weight is 340 g/mol. The van der Waals surface area contributed by atoms with Gasteiger partial charge in [-0.3, -0.25) is 0 Å². The third kappa shape index (κ3) is 2.31. The highest BCUT2D eigenvalue weighted by Crippen LogP contribution is 2.28. The molecule has 84 valence electrons. The van der Waals surface area contributed by atoms with Gasteiger partial charge in [0.1, 0.15) is 0 Å². The first kappa shape index (κ1) is 11.3. The molecule has 2 aromatic heterocycles. The first-order valence-electron chi connectivity index (χ1n) is 4.06. The van der Waals surface area contributed by atoms with Crippen molar-refractivity contribution in [2.45, 2.75) is 6.18 Å². The second kappa shape index (κ2) is 4.00. The zero-order valence-corrected chi connectivity index (χ0v) is 9.77. The van der Waals surface area contributed by atoms with Crippen LogP contribution in [0.5, 0.6) is 0 Å². The lowest BCUT2D eigenvalue weighted by atomic mass is 10.4. The second-order valence-electron chi connectivity index (χ2n) is 2.87. The van der Waals surface area contributed by atoms with Crippen LogP contribution in [0.25, 0.3) is 5.95 Å². The highest BCUT2D eigenvalue weighted by molar-refractivity contribution is 14.1. The van der Waals surface area contributed by atoms with Crippen molar-refractivity contribution < 1.29 is 13.2 Å². The predicted molar refractivity (Wildman–Crippen MR) is 56.9 cm³/mol. The van der Waals surface area contributed by atoms with Crippen LogP contribution in [-0.4, -0.2) is 19.7 Å². The molecule has 0 aliphatic heterocycles. The van der Waals surface area contributed by atoms with E-state index in [-0.39, 0.29) is 5.95 Å². The van der Waals surface area contributed by atoms with E-state index in [2.05, 4.69) is 15.1 Å². The van der Waals surface area contributed by atoms with Gasteiger partial charge in [0.2, 0.25) is 0 Å². The summed E-state index contributed by atoms with van der Waals surface area (Å²) < 4.78 is 38.6. The summed E-state index contributed by atoms with van der Waals surface area (Å²) in [6, 6.07) is 0. The van der Waals surface area contributed by atoms with Crippen LogP contribution < -0.4 is 0 Å². The predicted octanol–water partition coefficient (Wildman–Crippen LogP) is 2.29. The van der Waals surface area contributed by atoms with Gasteiger partial charge in [-0.1, -0.05) is 0 Å². The van der Waals surface area contributed by atoms with Crippen LogP contribution in [0.1, 0.15) is 5.56 Å². The van der Waals surface area contributed by atoms with Gasteiger partial charge < -0.3 is 0 Å². The number of alkyl halides is 3. The number of hydrogen-bond acceptors (Lipinski definition) is 3. The van der Waals surface area contributed by atoms with Crippen molar-refractivity contribution in [2.24, 2.45) is 0 Å². The number of nitrogens with zero attached hydrogens (tertiary/aromatic N) is 4. The van der Waals surface area contributed by atoms with Gasteiger partial charge in [0.05, 0.1) is 11.8 Å². The number of rotatable bonds is 1. The van der Waals surface area contributed by atoms with Crippen molar-refractivity contribution in [3.8, 4) is 5.95 Å². The van der Waals surface area contributed by atoms with E-state index in [1.165, 1.54) is 12.4 Å². The third-order valence-corrected chi connectivity index (χ3v) is 2.28. The molecule has 0 aromatic carbocycles. The highest BCUT2D eigenvalue weighted by Gasteiger charge is 2.32. The first-order valence-corrected chi connectivity index (χ1v) is 5.14. The van der Waals surface area contributed by atoms with Crippen LogP contribution in [0.3, 0.4) is 0 Å². The molecule has 0 saturated carbocycles. The molecule has 2 rings (SSSR count). The van der Waals surface area contributed by atoms with Gasteiger partial charge in [0.25, 0.3) is 5.95 Å². The zero-order valence-electron chi connectivity index (χ0n) is 7.61. The van der Waals surface area contributed by atoms with Crippen molar-refractivity contribution in [3.05, 3.63) is 33.9 Å². The van der Waals surface area contributed by atoms with Crippen LogP contribution in [-0.2, 0) is 6.18 Å². The van der Waals surface area contributed by atoms with E-state index in [4.69, 9.17) is 0 Å². The Morgan fingerprint density at radius 3 is 2.25 bits per heavy atom. The summed E-state index contributed by atoms with van der Waals surface area (Å²) in [5.74, 6) is 0.107. The standard InChI is InChI=1S/C8H4F3IN4/c9-8(10,11)5-1-15-16(4-5)7-13-2-6(12)3-14-7/h1-4H. The minimum atomic E-state index is -4.40. The van der Waals surface area contributed by atoms with E-state index < -0.39 is 11.7 Å². The molecule has 0 fully saturated rings. The summed E-state index contributed by atoms with van der Waals surface area (Å²) in [6.07, 6.45) is 0.181. The summed E-state index contributed by atoms with van der Waals surface area (Å²) in [7, 11) is 0. The molecule has 0 unspecified atom stereocenters. The van der Waals surface area contributed by atoms with Crippen LogP contribution in [0.2, 0.25) is 0 Å². The molecular formula is C8H4F3IN4. The zero-order chi connectivity index (χ0) is 11.8. The smallest absolute Gasteiger partial charge is 0.219 e. The minimum absolute atomic E-state index is 0.107. The van der Waals surface area contributed by atoms with Gasteiger partial charge in [-0.2, -0.15) is 18.3 Å². The van der Waals surface area contributed by atoms with Crippen LogP contribution in [0.4, 0.5) is 13.2 Å². The molecular weight excluding hydrogens is 336 g/mol. The Morgan fingerprint density at radius 1 is 1.12 bits per heavy atom. The first-order chi connectivity index (χ1) is 7.47. The van der Waals surface area contributed by atoms with Crippen LogP contribution in [0, 0.1) is 3.57 Å². The van der Waals surface area contributed by atoms with Gasteiger partial charge in [0, 0.05) is 22.2 Å². The lowest BCUT2D eigenvalue weighted by Gasteiger charge is -2.00. The molecule has 0 N–H and O–H groups in total. The molecule has 0 spiro atoms. The van der Waals surface area contributed by atoms with E-state index in [0.29, 0.717) is 0 Å². The SMILES string of the molecule is FC(F)(F)c1cnn(-c2ncc(I)cn2)c1. The summed E-state index contributed by atoms with van der Waals surface area (Å²) in [6.45, 7) is 0. The molecule has 0 bridgehead atoms. The van der Waals surface area contributed by atoms with Crippen LogP contribution in [0.15, 0.2) is 24.8 Å². The lowest BCUT2D eigenvalue weighted by molar-refractivity contribution is -0.137. The molecule has 0 aliphatic rings. The molecule has 0 radical (unpaired) electrons. The molecule has 4 nitrogen and oxygen atoms in total. The molecule has 0 saturated heterocycles. The highest BCUT2D eigenvalue weighted by atomic mass is 127. The van der Waals surface area contributed by atoms with Gasteiger partial charge in [-0.15, -0.1) is 0 Å². The Labute approximate surface area is 102 Å². The fourth-order valence-corrected chi connectivity index (χ4v) is 1.28. The number of halogens is 4. The van der Waals surface area contributed by atoms with Gasteiger partial charge >= 0.3 is 6.18 Å². The molecule has 2 aromatic rings. The lowest BCUT2D eigenvalue weighted by Crippen LogP contribution is -2.04. The third-order valence-electron chi connectivity index (χ3n) is 1.72. The van der Waals surface area contributed by atoms with E-state index in [1.807, 2.05) is 22.6 Å². The molecule has 2 heterocycles. The molecule has 0 amide bonds. The Hall–Kier alpha value is -1.19. The number of aromatic nitrogens is 4. The van der Waals surface area contributed by atoms with Crippen LogP contribution >= 0.6 is 22.6 Å². The topological polar surface area (TPSA) is 43.6 Å². The fraction of sp³-hybridized carbons (Fsp3) is 0.125. The van der Waals surface area contributed by atoms with Gasteiger partial charge in [0.15, 0.2) is 0 Å². The molecule has 8 heteroatoms. The number of hydrogen-bond donors (Lipinski definition) is 0. The normalized spacial score (nSPS) is 11.8.